The van der Waals surface area contributed by atoms with Gasteiger partial charge < -0.3 is 15.2 Å². The molecule has 0 radical (unpaired) electrons. The number of ether oxygens (including phenoxy) is 1. The van der Waals surface area contributed by atoms with E-state index >= 15 is 0 Å². The van der Waals surface area contributed by atoms with Crippen LogP contribution in [0, 0.1) is 0 Å². The molecule has 2 N–H and O–H groups in total. The number of hydrogen-bond donors (Lipinski definition) is 2. The summed E-state index contributed by atoms with van der Waals surface area (Å²) in [5.41, 5.74) is 0.576. The van der Waals surface area contributed by atoms with E-state index in [1.165, 1.54) is 0 Å². The summed E-state index contributed by atoms with van der Waals surface area (Å²) in [5.74, 6) is -1.35. The van der Waals surface area contributed by atoms with E-state index in [9.17, 15) is 22.8 Å². The van der Waals surface area contributed by atoms with Crippen molar-refractivity contribution in [3.05, 3.63) is 45.9 Å². The van der Waals surface area contributed by atoms with Gasteiger partial charge in [0, 0.05) is 11.9 Å². The highest BCUT2D eigenvalue weighted by molar-refractivity contribution is 7.09. The minimum Gasteiger partial charge on any atom is -0.482 e. The van der Waals surface area contributed by atoms with Crippen molar-refractivity contribution < 1.29 is 32.6 Å². The van der Waals surface area contributed by atoms with E-state index in [4.69, 9.17) is 9.84 Å². The third-order valence-corrected chi connectivity index (χ3v) is 3.85. The number of alkyl halides is 3. The molecule has 1 aromatic heterocycles. The second kappa shape index (κ2) is 7.97. The van der Waals surface area contributed by atoms with E-state index in [1.54, 1.807) is 24.3 Å². The molecule has 1 aromatic carbocycles. The SMILES string of the molecule is O=C(O)COc1ccc(CCNC(=O)c2csc(C(F)(F)F)n2)cc1. The zero-order chi connectivity index (χ0) is 18.4. The Morgan fingerprint density at radius 2 is 1.92 bits per heavy atom. The van der Waals surface area contributed by atoms with Gasteiger partial charge in [0.15, 0.2) is 11.6 Å². The average molecular weight is 374 g/mol. The smallest absolute Gasteiger partial charge is 0.443 e. The summed E-state index contributed by atoms with van der Waals surface area (Å²) in [7, 11) is 0. The molecule has 0 saturated carbocycles. The van der Waals surface area contributed by atoms with Gasteiger partial charge in [-0.15, -0.1) is 11.3 Å². The molecule has 0 aliphatic carbocycles. The number of carbonyl (C=O) groups is 2. The monoisotopic (exact) mass is 374 g/mol. The molecule has 2 aromatic rings. The molecule has 0 fully saturated rings. The molecular formula is C15H13F3N2O4S. The number of nitrogens with one attached hydrogen (secondary N) is 1. The van der Waals surface area contributed by atoms with Crippen LogP contribution in [-0.2, 0) is 17.4 Å². The second-order valence-corrected chi connectivity index (χ2v) is 5.73. The molecule has 0 unspecified atom stereocenters. The number of thiazole rings is 1. The van der Waals surface area contributed by atoms with Gasteiger partial charge in [0.25, 0.3) is 5.91 Å². The third-order valence-electron chi connectivity index (χ3n) is 2.96. The van der Waals surface area contributed by atoms with Crippen molar-refractivity contribution in [1.29, 1.82) is 0 Å². The standard InChI is InChI=1S/C15H13F3N2O4S/c16-15(17,18)14-20-11(8-25-14)13(23)19-6-5-9-1-3-10(4-2-9)24-7-12(21)22/h1-4,8H,5-7H2,(H,19,23)(H,21,22). The summed E-state index contributed by atoms with van der Waals surface area (Å²) in [6.07, 6.45) is -4.12. The van der Waals surface area contributed by atoms with Crippen LogP contribution < -0.4 is 10.1 Å². The van der Waals surface area contributed by atoms with Gasteiger partial charge in [-0.3, -0.25) is 4.79 Å². The van der Waals surface area contributed by atoms with Crippen LogP contribution >= 0.6 is 11.3 Å². The largest absolute Gasteiger partial charge is 0.482 e. The van der Waals surface area contributed by atoms with Crippen LogP contribution in [0.5, 0.6) is 5.75 Å². The predicted molar refractivity (Wildman–Crippen MR) is 82.7 cm³/mol. The second-order valence-electron chi connectivity index (χ2n) is 4.87. The number of aliphatic carboxylic acids is 1. The fraction of sp³-hybridized carbons (Fsp3) is 0.267. The van der Waals surface area contributed by atoms with Crippen LogP contribution in [0.25, 0.3) is 0 Å². The van der Waals surface area contributed by atoms with Gasteiger partial charge in [-0.05, 0) is 24.1 Å². The normalized spacial score (nSPS) is 11.2. The molecule has 6 nitrogen and oxygen atoms in total. The fourth-order valence-electron chi connectivity index (χ4n) is 1.82. The highest BCUT2D eigenvalue weighted by Crippen LogP contribution is 2.31. The summed E-state index contributed by atoms with van der Waals surface area (Å²) in [6.45, 7) is -0.226. The Kier molecular flexibility index (Phi) is 5.97. The Balaban J connectivity index is 1.81. The lowest BCUT2D eigenvalue weighted by Crippen LogP contribution is -2.26. The highest BCUT2D eigenvalue weighted by Gasteiger charge is 2.35. The van der Waals surface area contributed by atoms with E-state index in [0.717, 1.165) is 10.9 Å². The Morgan fingerprint density at radius 1 is 1.24 bits per heavy atom. The number of aromatic nitrogens is 1. The first-order valence-corrected chi connectivity index (χ1v) is 7.88. The summed E-state index contributed by atoms with van der Waals surface area (Å²) < 4.78 is 42.3. The lowest BCUT2D eigenvalue weighted by atomic mass is 10.1. The molecule has 25 heavy (non-hydrogen) atoms. The highest BCUT2D eigenvalue weighted by atomic mass is 32.1. The zero-order valence-electron chi connectivity index (χ0n) is 12.7. The van der Waals surface area contributed by atoms with Crippen molar-refractivity contribution in [3.8, 4) is 5.75 Å². The first kappa shape index (κ1) is 18.7. The van der Waals surface area contributed by atoms with Crippen molar-refractivity contribution in [2.45, 2.75) is 12.6 Å². The molecule has 1 amide bonds. The quantitative estimate of drug-likeness (QED) is 0.778. The number of amides is 1. The van der Waals surface area contributed by atoms with Crippen LogP contribution in [0.1, 0.15) is 21.1 Å². The van der Waals surface area contributed by atoms with Crippen molar-refractivity contribution in [2.75, 3.05) is 13.2 Å². The molecule has 10 heteroatoms. The molecule has 2 rings (SSSR count). The van der Waals surface area contributed by atoms with Gasteiger partial charge in [0.2, 0.25) is 0 Å². The molecule has 0 aliphatic heterocycles. The van der Waals surface area contributed by atoms with E-state index in [-0.39, 0.29) is 12.2 Å². The summed E-state index contributed by atoms with van der Waals surface area (Å²) in [6, 6.07) is 6.59. The Bertz CT molecular complexity index is 744. The summed E-state index contributed by atoms with van der Waals surface area (Å²) in [4.78, 5) is 25.4. The van der Waals surface area contributed by atoms with Crippen LogP contribution in [-0.4, -0.2) is 35.1 Å². The fourth-order valence-corrected chi connectivity index (χ4v) is 2.48. The number of carboxylic acid groups (broad SMARTS) is 1. The lowest BCUT2D eigenvalue weighted by molar-refractivity contribution is -0.139. The van der Waals surface area contributed by atoms with Crippen LogP contribution in [0.15, 0.2) is 29.6 Å². The van der Waals surface area contributed by atoms with Crippen molar-refractivity contribution >= 4 is 23.2 Å². The van der Waals surface area contributed by atoms with Crippen LogP contribution in [0.3, 0.4) is 0 Å². The van der Waals surface area contributed by atoms with E-state index in [0.29, 0.717) is 23.5 Å². The van der Waals surface area contributed by atoms with Gasteiger partial charge in [-0.25, -0.2) is 9.78 Å². The molecule has 0 aliphatic rings. The molecule has 0 atom stereocenters. The van der Waals surface area contributed by atoms with Gasteiger partial charge >= 0.3 is 12.1 Å². The van der Waals surface area contributed by atoms with Crippen molar-refractivity contribution in [2.24, 2.45) is 0 Å². The topological polar surface area (TPSA) is 88.5 Å². The van der Waals surface area contributed by atoms with E-state index in [2.05, 4.69) is 10.3 Å². The number of hydrogen-bond acceptors (Lipinski definition) is 5. The molecule has 0 spiro atoms. The van der Waals surface area contributed by atoms with Gasteiger partial charge in [-0.1, -0.05) is 12.1 Å². The first-order valence-electron chi connectivity index (χ1n) is 7.00. The molecular weight excluding hydrogens is 361 g/mol. The van der Waals surface area contributed by atoms with E-state index < -0.39 is 29.7 Å². The van der Waals surface area contributed by atoms with E-state index in [1.807, 2.05) is 0 Å². The minimum atomic E-state index is -4.56. The number of benzene rings is 1. The third kappa shape index (κ3) is 5.75. The molecule has 0 bridgehead atoms. The Morgan fingerprint density at radius 3 is 2.48 bits per heavy atom. The van der Waals surface area contributed by atoms with Gasteiger partial charge in [-0.2, -0.15) is 13.2 Å². The number of halogens is 3. The first-order chi connectivity index (χ1) is 11.8. The Hall–Kier alpha value is -2.62. The van der Waals surface area contributed by atoms with Crippen LogP contribution in [0.4, 0.5) is 13.2 Å². The maximum Gasteiger partial charge on any atom is 0.443 e. The molecule has 0 saturated heterocycles. The van der Waals surface area contributed by atoms with Gasteiger partial charge in [0.05, 0.1) is 0 Å². The maximum absolute atomic E-state index is 12.4. The van der Waals surface area contributed by atoms with Crippen molar-refractivity contribution in [3.63, 3.8) is 0 Å². The van der Waals surface area contributed by atoms with Gasteiger partial charge in [0.1, 0.15) is 11.4 Å². The predicted octanol–water partition coefficient (Wildman–Crippen LogP) is 2.60. The molecule has 1 heterocycles. The lowest BCUT2D eigenvalue weighted by Gasteiger charge is -2.06. The molecule has 134 valence electrons. The minimum absolute atomic E-state index is 0.215. The van der Waals surface area contributed by atoms with Crippen LogP contribution in [0.2, 0.25) is 0 Å². The number of carbonyl (C=O) groups excluding carboxylic acids is 1. The maximum atomic E-state index is 12.4. The summed E-state index contributed by atoms with van der Waals surface area (Å²) >= 11 is 0.370. The van der Waals surface area contributed by atoms with Crippen molar-refractivity contribution in [1.82, 2.24) is 10.3 Å². The number of nitrogens with zero attached hydrogens (tertiary/aromatic N) is 1. The number of carboxylic acids is 1. The number of rotatable bonds is 7. The summed E-state index contributed by atoms with van der Waals surface area (Å²) in [5, 5.41) is 11.0. The average Bonchev–Trinajstić information content (AvgIpc) is 3.04. The Labute approximate surface area is 144 Å². The zero-order valence-corrected chi connectivity index (χ0v) is 13.5.